The Labute approximate surface area is 122 Å². The van der Waals surface area contributed by atoms with Crippen molar-refractivity contribution in [3.8, 4) is 0 Å². The van der Waals surface area contributed by atoms with E-state index in [1.165, 1.54) is 25.7 Å². The molecule has 0 amide bonds. The second kappa shape index (κ2) is 7.28. The molecule has 2 aliphatic rings. The molecule has 2 atom stereocenters. The zero-order chi connectivity index (χ0) is 13.7. The molecule has 0 spiro atoms. The van der Waals surface area contributed by atoms with Crippen LogP contribution in [0.1, 0.15) is 51.4 Å². The topological polar surface area (TPSA) is 46.2 Å². The quantitative estimate of drug-likeness (QED) is 0.766. The van der Waals surface area contributed by atoms with Gasteiger partial charge >= 0.3 is 0 Å². The largest absolute Gasteiger partial charge is 0.215 e. The SMILES string of the molecule is O=S(=O)(CC1CCCCC1)NCC1CCCC1CCl. The summed E-state index contributed by atoms with van der Waals surface area (Å²) in [6.45, 7) is 0.590. The molecule has 5 heteroatoms. The minimum Gasteiger partial charge on any atom is -0.215 e. The summed E-state index contributed by atoms with van der Waals surface area (Å²) in [5.41, 5.74) is 0. The summed E-state index contributed by atoms with van der Waals surface area (Å²) in [5.74, 6) is 2.30. The first-order valence-electron chi connectivity index (χ1n) is 7.64. The molecule has 0 aromatic carbocycles. The van der Waals surface area contributed by atoms with Crippen LogP contribution in [0.15, 0.2) is 0 Å². The van der Waals surface area contributed by atoms with Gasteiger partial charge in [-0.15, -0.1) is 11.6 Å². The van der Waals surface area contributed by atoms with E-state index in [1.807, 2.05) is 0 Å². The van der Waals surface area contributed by atoms with Crippen LogP contribution in [0.4, 0.5) is 0 Å². The maximum atomic E-state index is 12.1. The van der Waals surface area contributed by atoms with E-state index < -0.39 is 10.0 Å². The predicted octanol–water partition coefficient (Wildman–Crippen LogP) is 3.14. The Morgan fingerprint density at radius 3 is 2.32 bits per heavy atom. The van der Waals surface area contributed by atoms with Crippen molar-refractivity contribution in [1.82, 2.24) is 4.72 Å². The zero-order valence-electron chi connectivity index (χ0n) is 11.6. The smallest absolute Gasteiger partial charge is 0.211 e. The molecule has 0 bridgehead atoms. The lowest BCUT2D eigenvalue weighted by atomic mass is 9.91. The number of sulfonamides is 1. The first-order valence-corrected chi connectivity index (χ1v) is 9.82. The van der Waals surface area contributed by atoms with E-state index in [9.17, 15) is 8.42 Å². The van der Waals surface area contributed by atoms with Crippen LogP contribution < -0.4 is 4.72 Å². The van der Waals surface area contributed by atoms with Crippen LogP contribution in [-0.2, 0) is 10.0 Å². The van der Waals surface area contributed by atoms with Gasteiger partial charge in [-0.25, -0.2) is 13.1 Å². The molecule has 3 nitrogen and oxygen atoms in total. The van der Waals surface area contributed by atoms with E-state index in [0.717, 1.165) is 25.7 Å². The van der Waals surface area contributed by atoms with Crippen molar-refractivity contribution in [2.75, 3.05) is 18.2 Å². The average molecular weight is 308 g/mol. The Morgan fingerprint density at radius 2 is 1.63 bits per heavy atom. The van der Waals surface area contributed by atoms with Crippen molar-refractivity contribution in [1.29, 1.82) is 0 Å². The summed E-state index contributed by atoms with van der Waals surface area (Å²) < 4.78 is 27.0. The first kappa shape index (κ1) is 15.6. The van der Waals surface area contributed by atoms with Crippen molar-refractivity contribution in [2.24, 2.45) is 17.8 Å². The molecular formula is C14H26ClNO2S. The Balaban J connectivity index is 1.77. The van der Waals surface area contributed by atoms with Crippen LogP contribution in [-0.4, -0.2) is 26.6 Å². The number of halogens is 1. The average Bonchev–Trinajstić information content (AvgIpc) is 2.84. The third-order valence-corrected chi connectivity index (χ3v) is 6.67. The fraction of sp³-hybridized carbons (Fsp3) is 1.00. The summed E-state index contributed by atoms with van der Waals surface area (Å²) in [7, 11) is -3.09. The van der Waals surface area contributed by atoms with E-state index in [4.69, 9.17) is 11.6 Å². The maximum Gasteiger partial charge on any atom is 0.211 e. The standard InChI is InChI=1S/C14H26ClNO2S/c15-9-13-7-4-8-14(13)10-16-19(17,18)11-12-5-2-1-3-6-12/h12-14,16H,1-11H2. The maximum absolute atomic E-state index is 12.1. The van der Waals surface area contributed by atoms with Gasteiger partial charge in [0.05, 0.1) is 5.75 Å². The highest BCUT2D eigenvalue weighted by Gasteiger charge is 2.28. The van der Waals surface area contributed by atoms with Gasteiger partial charge in [-0.2, -0.15) is 0 Å². The molecule has 0 aliphatic heterocycles. The Kier molecular flexibility index (Phi) is 5.97. The number of hydrogen-bond acceptors (Lipinski definition) is 2. The number of hydrogen-bond donors (Lipinski definition) is 1. The van der Waals surface area contributed by atoms with E-state index in [1.54, 1.807) is 0 Å². The molecule has 0 radical (unpaired) electrons. The van der Waals surface area contributed by atoms with Gasteiger partial charge < -0.3 is 0 Å². The van der Waals surface area contributed by atoms with Gasteiger partial charge in [-0.3, -0.25) is 0 Å². The van der Waals surface area contributed by atoms with Crippen molar-refractivity contribution in [3.63, 3.8) is 0 Å². The van der Waals surface area contributed by atoms with Crippen LogP contribution >= 0.6 is 11.6 Å². The van der Waals surface area contributed by atoms with Gasteiger partial charge in [-0.05, 0) is 43.4 Å². The highest BCUT2D eigenvalue weighted by molar-refractivity contribution is 7.89. The Bertz CT molecular complexity index is 366. The summed E-state index contributed by atoms with van der Waals surface area (Å²) in [5, 5.41) is 0. The summed E-state index contributed by atoms with van der Waals surface area (Å²) in [6, 6.07) is 0. The fourth-order valence-electron chi connectivity index (χ4n) is 3.54. The highest BCUT2D eigenvalue weighted by atomic mass is 35.5. The number of nitrogens with one attached hydrogen (secondary N) is 1. The lowest BCUT2D eigenvalue weighted by Gasteiger charge is -2.22. The van der Waals surface area contributed by atoms with E-state index in [-0.39, 0.29) is 0 Å². The lowest BCUT2D eigenvalue weighted by molar-refractivity contribution is 0.381. The van der Waals surface area contributed by atoms with E-state index in [2.05, 4.69) is 4.72 Å². The molecule has 2 aliphatic carbocycles. The minimum absolute atomic E-state index is 0.325. The fourth-order valence-corrected chi connectivity index (χ4v) is 5.49. The normalized spacial score (nSPS) is 29.7. The minimum atomic E-state index is -3.09. The predicted molar refractivity (Wildman–Crippen MR) is 79.9 cm³/mol. The molecular weight excluding hydrogens is 282 g/mol. The van der Waals surface area contributed by atoms with Crippen molar-refractivity contribution < 1.29 is 8.42 Å². The van der Waals surface area contributed by atoms with Gasteiger partial charge in [0.15, 0.2) is 0 Å². The molecule has 2 unspecified atom stereocenters. The van der Waals surface area contributed by atoms with Crippen LogP contribution in [0.25, 0.3) is 0 Å². The molecule has 1 N–H and O–H groups in total. The lowest BCUT2D eigenvalue weighted by Crippen LogP contribution is -2.35. The van der Waals surface area contributed by atoms with Crippen molar-refractivity contribution >= 4 is 21.6 Å². The summed E-state index contributed by atoms with van der Waals surface area (Å²) >= 11 is 5.93. The zero-order valence-corrected chi connectivity index (χ0v) is 13.2. The second-order valence-electron chi connectivity index (χ2n) is 6.24. The van der Waals surface area contributed by atoms with Crippen molar-refractivity contribution in [2.45, 2.75) is 51.4 Å². The summed E-state index contributed by atoms with van der Waals surface area (Å²) in [4.78, 5) is 0. The van der Waals surface area contributed by atoms with Crippen LogP contribution in [0.5, 0.6) is 0 Å². The van der Waals surface area contributed by atoms with Gasteiger partial charge in [-0.1, -0.05) is 25.7 Å². The van der Waals surface area contributed by atoms with Crippen LogP contribution in [0.2, 0.25) is 0 Å². The third-order valence-electron chi connectivity index (χ3n) is 4.76. The highest BCUT2D eigenvalue weighted by Crippen LogP contribution is 2.32. The van der Waals surface area contributed by atoms with Crippen LogP contribution in [0, 0.1) is 17.8 Å². The molecule has 0 aromatic heterocycles. The van der Waals surface area contributed by atoms with E-state index >= 15 is 0 Å². The molecule has 19 heavy (non-hydrogen) atoms. The molecule has 2 saturated carbocycles. The van der Waals surface area contributed by atoms with Crippen molar-refractivity contribution in [3.05, 3.63) is 0 Å². The molecule has 0 heterocycles. The molecule has 112 valence electrons. The van der Waals surface area contributed by atoms with E-state index in [0.29, 0.717) is 35.9 Å². The molecule has 2 rings (SSSR count). The van der Waals surface area contributed by atoms with Gasteiger partial charge in [0, 0.05) is 12.4 Å². The number of alkyl halides is 1. The Morgan fingerprint density at radius 1 is 0.947 bits per heavy atom. The molecule has 0 saturated heterocycles. The van der Waals surface area contributed by atoms with Crippen LogP contribution in [0.3, 0.4) is 0 Å². The third kappa shape index (κ3) is 4.91. The second-order valence-corrected chi connectivity index (χ2v) is 8.40. The number of rotatable bonds is 6. The monoisotopic (exact) mass is 307 g/mol. The first-order chi connectivity index (χ1) is 9.11. The van der Waals surface area contributed by atoms with Gasteiger partial charge in [0.2, 0.25) is 10.0 Å². The molecule has 2 fully saturated rings. The summed E-state index contributed by atoms with van der Waals surface area (Å²) in [6.07, 6.45) is 9.26. The van der Waals surface area contributed by atoms with Gasteiger partial charge in [0.1, 0.15) is 0 Å². The molecule has 0 aromatic rings. The Hall–Kier alpha value is 0.200. The van der Waals surface area contributed by atoms with Gasteiger partial charge in [0.25, 0.3) is 0 Å².